The van der Waals surface area contributed by atoms with Gasteiger partial charge in [-0.1, -0.05) is 22.0 Å². The van der Waals surface area contributed by atoms with Crippen LogP contribution in [0.25, 0.3) is 0 Å². The molecule has 21 heavy (non-hydrogen) atoms. The maximum atomic E-state index is 5.60. The van der Waals surface area contributed by atoms with Crippen molar-refractivity contribution in [2.24, 2.45) is 0 Å². The summed E-state index contributed by atoms with van der Waals surface area (Å²) in [5.41, 5.74) is 2.14. The fourth-order valence-electron chi connectivity index (χ4n) is 1.97. The lowest BCUT2D eigenvalue weighted by Gasteiger charge is -2.13. The minimum absolute atomic E-state index is 0.610. The molecule has 1 aromatic heterocycles. The summed E-state index contributed by atoms with van der Waals surface area (Å²) in [6, 6.07) is 9.83. The largest absolute Gasteiger partial charge is 0.493 e. The fraction of sp³-hybridized carbons (Fsp3) is 0.312. The molecule has 0 unspecified atom stereocenters. The van der Waals surface area contributed by atoms with Gasteiger partial charge in [0.1, 0.15) is 0 Å². The van der Waals surface area contributed by atoms with Gasteiger partial charge in [0.25, 0.3) is 0 Å². The molecule has 4 nitrogen and oxygen atoms in total. The first-order valence-corrected chi connectivity index (χ1v) is 7.63. The number of benzene rings is 1. The molecule has 0 aliphatic heterocycles. The van der Waals surface area contributed by atoms with Crippen molar-refractivity contribution in [3.63, 3.8) is 0 Å². The van der Waals surface area contributed by atoms with Crippen LogP contribution in [0.2, 0.25) is 0 Å². The molecule has 0 amide bonds. The summed E-state index contributed by atoms with van der Waals surface area (Å²) < 4.78 is 11.9. The zero-order valence-electron chi connectivity index (χ0n) is 12.2. The molecule has 0 fully saturated rings. The quantitative estimate of drug-likeness (QED) is 0.829. The molecule has 112 valence electrons. The van der Waals surface area contributed by atoms with E-state index in [2.05, 4.69) is 26.2 Å². The molecular weight excluding hydrogens is 332 g/mol. The normalized spacial score (nSPS) is 10.4. The smallest absolute Gasteiger partial charge is 0.161 e. The third-order valence-corrected chi connectivity index (χ3v) is 3.72. The number of aromatic nitrogens is 1. The molecule has 1 aromatic carbocycles. The number of nitrogens with one attached hydrogen (secondary N) is 1. The van der Waals surface area contributed by atoms with Crippen molar-refractivity contribution in [2.45, 2.75) is 20.0 Å². The number of nitrogens with zero attached hydrogens (tertiary/aromatic N) is 1. The van der Waals surface area contributed by atoms with Gasteiger partial charge in [-0.25, -0.2) is 0 Å². The standard InChI is InChI=1S/C16H19BrN2O2/c1-3-21-16-8-12(14(17)9-15(16)20-2)10-18-11-13-6-4-5-7-19-13/h4-9,18H,3,10-11H2,1-2H3. The Balaban J connectivity index is 2.03. The highest BCUT2D eigenvalue weighted by molar-refractivity contribution is 9.10. The van der Waals surface area contributed by atoms with Gasteiger partial charge in [0.05, 0.1) is 19.4 Å². The van der Waals surface area contributed by atoms with Crippen molar-refractivity contribution in [3.05, 3.63) is 52.3 Å². The average molecular weight is 351 g/mol. The van der Waals surface area contributed by atoms with Crippen molar-refractivity contribution >= 4 is 15.9 Å². The SMILES string of the molecule is CCOc1cc(CNCc2ccccn2)c(Br)cc1OC. The van der Waals surface area contributed by atoms with E-state index in [-0.39, 0.29) is 0 Å². The van der Waals surface area contributed by atoms with Gasteiger partial charge in [-0.3, -0.25) is 4.98 Å². The Morgan fingerprint density at radius 2 is 2.05 bits per heavy atom. The Hall–Kier alpha value is -1.59. The van der Waals surface area contributed by atoms with Gasteiger partial charge in [0.15, 0.2) is 11.5 Å². The number of ether oxygens (including phenoxy) is 2. The van der Waals surface area contributed by atoms with E-state index in [0.717, 1.165) is 40.3 Å². The van der Waals surface area contributed by atoms with Gasteiger partial charge in [0.2, 0.25) is 0 Å². The predicted octanol–water partition coefficient (Wildman–Crippen LogP) is 3.54. The Morgan fingerprint density at radius 1 is 1.19 bits per heavy atom. The monoisotopic (exact) mass is 350 g/mol. The van der Waals surface area contributed by atoms with Crippen LogP contribution < -0.4 is 14.8 Å². The lowest BCUT2D eigenvalue weighted by Crippen LogP contribution is -2.14. The molecule has 0 radical (unpaired) electrons. The van der Waals surface area contributed by atoms with E-state index in [1.54, 1.807) is 13.3 Å². The maximum Gasteiger partial charge on any atom is 0.161 e. The van der Waals surface area contributed by atoms with Crippen LogP contribution >= 0.6 is 15.9 Å². The molecule has 0 bridgehead atoms. The Kier molecular flexibility index (Phi) is 6.02. The van der Waals surface area contributed by atoms with Gasteiger partial charge in [-0.05, 0) is 36.8 Å². The predicted molar refractivity (Wildman–Crippen MR) is 86.6 cm³/mol. The number of pyridine rings is 1. The van der Waals surface area contributed by atoms with E-state index >= 15 is 0 Å². The molecule has 0 saturated heterocycles. The van der Waals surface area contributed by atoms with Gasteiger partial charge in [0, 0.05) is 23.8 Å². The summed E-state index contributed by atoms with van der Waals surface area (Å²) >= 11 is 3.57. The molecule has 1 heterocycles. The molecule has 0 aliphatic rings. The van der Waals surface area contributed by atoms with Crippen molar-refractivity contribution in [1.29, 1.82) is 0 Å². The lowest BCUT2D eigenvalue weighted by molar-refractivity contribution is 0.310. The highest BCUT2D eigenvalue weighted by Gasteiger charge is 2.09. The summed E-state index contributed by atoms with van der Waals surface area (Å²) in [5, 5.41) is 3.38. The van der Waals surface area contributed by atoms with Gasteiger partial charge in [-0.15, -0.1) is 0 Å². The van der Waals surface area contributed by atoms with Crippen LogP contribution in [0.3, 0.4) is 0 Å². The highest BCUT2D eigenvalue weighted by atomic mass is 79.9. The van der Waals surface area contributed by atoms with Crippen molar-refractivity contribution in [1.82, 2.24) is 10.3 Å². The first kappa shape index (κ1) is 15.8. The Morgan fingerprint density at radius 3 is 2.71 bits per heavy atom. The van der Waals surface area contributed by atoms with E-state index in [9.17, 15) is 0 Å². The highest BCUT2D eigenvalue weighted by Crippen LogP contribution is 2.33. The Bertz CT molecular complexity index is 576. The molecule has 5 heteroatoms. The summed E-state index contributed by atoms with van der Waals surface area (Å²) in [4.78, 5) is 4.29. The molecule has 2 aromatic rings. The van der Waals surface area contributed by atoms with Gasteiger partial charge in [-0.2, -0.15) is 0 Å². The summed E-state index contributed by atoms with van der Waals surface area (Å²) in [6.07, 6.45) is 1.80. The second-order valence-corrected chi connectivity index (χ2v) is 5.31. The summed E-state index contributed by atoms with van der Waals surface area (Å²) in [7, 11) is 1.64. The minimum Gasteiger partial charge on any atom is -0.493 e. The zero-order valence-corrected chi connectivity index (χ0v) is 13.8. The van der Waals surface area contributed by atoms with Crippen molar-refractivity contribution in [2.75, 3.05) is 13.7 Å². The first-order valence-electron chi connectivity index (χ1n) is 6.84. The third kappa shape index (κ3) is 4.44. The van der Waals surface area contributed by atoms with E-state index in [0.29, 0.717) is 6.61 Å². The van der Waals surface area contributed by atoms with Crippen LogP contribution in [-0.2, 0) is 13.1 Å². The van der Waals surface area contributed by atoms with Crippen LogP contribution in [0.15, 0.2) is 41.0 Å². The lowest BCUT2D eigenvalue weighted by atomic mass is 10.2. The zero-order chi connectivity index (χ0) is 15.1. The minimum atomic E-state index is 0.610. The first-order chi connectivity index (χ1) is 10.2. The number of rotatable bonds is 7. The average Bonchev–Trinajstić information content (AvgIpc) is 2.51. The van der Waals surface area contributed by atoms with Crippen LogP contribution in [0.1, 0.15) is 18.2 Å². The third-order valence-electron chi connectivity index (χ3n) is 2.98. The fourth-order valence-corrected chi connectivity index (χ4v) is 2.43. The topological polar surface area (TPSA) is 43.4 Å². The van der Waals surface area contributed by atoms with Crippen molar-refractivity contribution < 1.29 is 9.47 Å². The molecule has 0 spiro atoms. The van der Waals surface area contributed by atoms with E-state index in [4.69, 9.17) is 9.47 Å². The van der Waals surface area contributed by atoms with Gasteiger partial charge < -0.3 is 14.8 Å². The van der Waals surface area contributed by atoms with Crippen LogP contribution in [0.5, 0.6) is 11.5 Å². The number of halogens is 1. The van der Waals surface area contributed by atoms with Crippen LogP contribution in [0, 0.1) is 0 Å². The second-order valence-electron chi connectivity index (χ2n) is 4.45. The summed E-state index contributed by atoms with van der Waals surface area (Å²) in [6.45, 7) is 4.02. The molecule has 2 rings (SSSR count). The Labute approximate surface area is 133 Å². The number of methoxy groups -OCH3 is 1. The molecular formula is C16H19BrN2O2. The second kappa shape index (κ2) is 8.00. The van der Waals surface area contributed by atoms with Crippen LogP contribution in [0.4, 0.5) is 0 Å². The molecule has 1 N–H and O–H groups in total. The van der Waals surface area contributed by atoms with Gasteiger partial charge >= 0.3 is 0 Å². The molecule has 0 atom stereocenters. The molecule has 0 saturated carbocycles. The molecule has 0 aliphatic carbocycles. The number of hydrogen-bond donors (Lipinski definition) is 1. The summed E-state index contributed by atoms with van der Waals surface area (Å²) in [5.74, 6) is 1.50. The number of hydrogen-bond acceptors (Lipinski definition) is 4. The van der Waals surface area contributed by atoms with E-state index < -0.39 is 0 Å². The maximum absolute atomic E-state index is 5.60. The van der Waals surface area contributed by atoms with Crippen LogP contribution in [-0.4, -0.2) is 18.7 Å². The van der Waals surface area contributed by atoms with Crippen molar-refractivity contribution in [3.8, 4) is 11.5 Å². The van der Waals surface area contributed by atoms with E-state index in [1.165, 1.54) is 0 Å². The van der Waals surface area contributed by atoms with E-state index in [1.807, 2.05) is 37.3 Å².